The number of aromatic nitrogens is 2. The second kappa shape index (κ2) is 5.99. The van der Waals surface area contributed by atoms with Gasteiger partial charge in [0.1, 0.15) is 11.5 Å². The number of nitrogens with one attached hydrogen (secondary N) is 2. The average Bonchev–Trinajstić information content (AvgIpc) is 2.75. The lowest BCUT2D eigenvalue weighted by Gasteiger charge is -2.05. The van der Waals surface area contributed by atoms with Crippen molar-refractivity contribution >= 4 is 11.9 Å². The monoisotopic (exact) mass is 260 g/mol. The second-order valence-corrected chi connectivity index (χ2v) is 4.08. The average molecular weight is 260 g/mol. The standard InChI is InChI=1S/C13H16N4O2/c1-9-8-11(10(2)19-9)12(18)14-6-7-17-13-15-4-3-5-16-13/h3-5,8H,6-7H2,1-2H3,(H,14,18)(H,15,16,17). The molecule has 0 aliphatic heterocycles. The summed E-state index contributed by atoms with van der Waals surface area (Å²) in [4.78, 5) is 19.9. The number of hydrogen-bond donors (Lipinski definition) is 2. The van der Waals surface area contributed by atoms with Gasteiger partial charge in [0.2, 0.25) is 5.95 Å². The molecule has 0 aliphatic rings. The highest BCUT2D eigenvalue weighted by atomic mass is 16.3. The molecule has 0 radical (unpaired) electrons. The van der Waals surface area contributed by atoms with E-state index < -0.39 is 0 Å². The molecule has 0 fully saturated rings. The van der Waals surface area contributed by atoms with Crippen LogP contribution >= 0.6 is 0 Å². The number of amides is 1. The van der Waals surface area contributed by atoms with Crippen LogP contribution in [0.5, 0.6) is 0 Å². The molecule has 0 spiro atoms. The van der Waals surface area contributed by atoms with Crippen molar-refractivity contribution in [2.45, 2.75) is 13.8 Å². The predicted molar refractivity (Wildman–Crippen MR) is 71.0 cm³/mol. The minimum Gasteiger partial charge on any atom is -0.466 e. The number of hydrogen-bond acceptors (Lipinski definition) is 5. The van der Waals surface area contributed by atoms with Crippen LogP contribution in [0.4, 0.5) is 5.95 Å². The van der Waals surface area contributed by atoms with E-state index in [1.165, 1.54) is 0 Å². The molecule has 100 valence electrons. The Balaban J connectivity index is 1.77. The summed E-state index contributed by atoms with van der Waals surface area (Å²) in [7, 11) is 0. The van der Waals surface area contributed by atoms with Crippen molar-refractivity contribution in [3.63, 3.8) is 0 Å². The van der Waals surface area contributed by atoms with Crippen LogP contribution in [0, 0.1) is 13.8 Å². The zero-order chi connectivity index (χ0) is 13.7. The molecule has 0 aliphatic carbocycles. The first-order chi connectivity index (χ1) is 9.16. The lowest BCUT2D eigenvalue weighted by atomic mass is 10.2. The number of furan rings is 1. The number of carbonyl (C=O) groups is 1. The van der Waals surface area contributed by atoms with Crippen LogP contribution in [0.3, 0.4) is 0 Å². The molecule has 6 heteroatoms. The van der Waals surface area contributed by atoms with E-state index in [0.29, 0.717) is 30.4 Å². The number of nitrogens with zero attached hydrogens (tertiary/aromatic N) is 2. The van der Waals surface area contributed by atoms with E-state index in [1.807, 2.05) is 6.92 Å². The van der Waals surface area contributed by atoms with Crippen LogP contribution in [-0.4, -0.2) is 29.0 Å². The first-order valence-corrected chi connectivity index (χ1v) is 6.03. The lowest BCUT2D eigenvalue weighted by Crippen LogP contribution is -2.29. The van der Waals surface area contributed by atoms with Gasteiger partial charge in [-0.05, 0) is 26.0 Å². The van der Waals surface area contributed by atoms with E-state index in [9.17, 15) is 4.79 Å². The van der Waals surface area contributed by atoms with E-state index >= 15 is 0 Å². The number of carbonyl (C=O) groups excluding carboxylic acids is 1. The van der Waals surface area contributed by atoms with E-state index in [2.05, 4.69) is 20.6 Å². The van der Waals surface area contributed by atoms with Crippen molar-refractivity contribution in [3.05, 3.63) is 41.6 Å². The molecule has 0 bridgehead atoms. The maximum atomic E-state index is 11.9. The zero-order valence-electron chi connectivity index (χ0n) is 10.9. The largest absolute Gasteiger partial charge is 0.466 e. The highest BCUT2D eigenvalue weighted by Crippen LogP contribution is 2.12. The molecule has 0 unspecified atom stereocenters. The van der Waals surface area contributed by atoms with Crippen molar-refractivity contribution in [2.24, 2.45) is 0 Å². The number of anilines is 1. The molecule has 0 saturated heterocycles. The number of rotatable bonds is 5. The van der Waals surface area contributed by atoms with Gasteiger partial charge in [0.05, 0.1) is 5.56 Å². The van der Waals surface area contributed by atoms with Crippen molar-refractivity contribution in [1.29, 1.82) is 0 Å². The molecular weight excluding hydrogens is 244 g/mol. The Morgan fingerprint density at radius 1 is 1.26 bits per heavy atom. The molecule has 0 aromatic carbocycles. The summed E-state index contributed by atoms with van der Waals surface area (Å²) in [5.41, 5.74) is 0.577. The second-order valence-electron chi connectivity index (χ2n) is 4.08. The molecule has 2 aromatic heterocycles. The summed E-state index contributed by atoms with van der Waals surface area (Å²) in [6, 6.07) is 3.48. The van der Waals surface area contributed by atoms with E-state index in [0.717, 1.165) is 5.76 Å². The molecule has 0 saturated carbocycles. The Morgan fingerprint density at radius 2 is 2.00 bits per heavy atom. The van der Waals surface area contributed by atoms with Gasteiger partial charge in [-0.25, -0.2) is 9.97 Å². The van der Waals surface area contributed by atoms with Crippen molar-refractivity contribution in [3.8, 4) is 0 Å². The fourth-order valence-corrected chi connectivity index (χ4v) is 1.69. The van der Waals surface area contributed by atoms with Gasteiger partial charge in [0.25, 0.3) is 5.91 Å². The Kier molecular flexibility index (Phi) is 4.12. The van der Waals surface area contributed by atoms with E-state index in [1.54, 1.807) is 31.5 Å². The Bertz CT molecular complexity index is 551. The van der Waals surface area contributed by atoms with E-state index in [4.69, 9.17) is 4.42 Å². The molecule has 0 atom stereocenters. The molecule has 2 rings (SSSR count). The third-order valence-electron chi connectivity index (χ3n) is 2.55. The smallest absolute Gasteiger partial charge is 0.254 e. The van der Waals surface area contributed by atoms with Crippen LogP contribution in [-0.2, 0) is 0 Å². The summed E-state index contributed by atoms with van der Waals surface area (Å²) in [5, 5.41) is 5.82. The molecular formula is C13H16N4O2. The third kappa shape index (κ3) is 3.54. The highest BCUT2D eigenvalue weighted by Gasteiger charge is 2.12. The summed E-state index contributed by atoms with van der Waals surface area (Å²) in [5.74, 6) is 1.78. The first-order valence-electron chi connectivity index (χ1n) is 6.03. The zero-order valence-corrected chi connectivity index (χ0v) is 10.9. The van der Waals surface area contributed by atoms with Crippen molar-refractivity contribution in [2.75, 3.05) is 18.4 Å². The van der Waals surface area contributed by atoms with Crippen LogP contribution in [0.2, 0.25) is 0 Å². The van der Waals surface area contributed by atoms with Gasteiger partial charge in [-0.2, -0.15) is 0 Å². The van der Waals surface area contributed by atoms with Gasteiger partial charge in [-0.3, -0.25) is 4.79 Å². The van der Waals surface area contributed by atoms with Crippen LogP contribution < -0.4 is 10.6 Å². The molecule has 6 nitrogen and oxygen atoms in total. The molecule has 2 aromatic rings. The number of aryl methyl sites for hydroxylation is 2. The topological polar surface area (TPSA) is 80.0 Å². The van der Waals surface area contributed by atoms with Crippen molar-refractivity contribution in [1.82, 2.24) is 15.3 Å². The maximum Gasteiger partial charge on any atom is 0.254 e. The van der Waals surface area contributed by atoms with Crippen LogP contribution in [0.15, 0.2) is 28.9 Å². The SMILES string of the molecule is Cc1cc(C(=O)NCCNc2ncccn2)c(C)o1. The van der Waals surface area contributed by atoms with Gasteiger partial charge in [0.15, 0.2) is 0 Å². The predicted octanol–water partition coefficient (Wildman–Crippen LogP) is 1.53. The molecule has 19 heavy (non-hydrogen) atoms. The summed E-state index contributed by atoms with van der Waals surface area (Å²) >= 11 is 0. The minimum atomic E-state index is -0.134. The first kappa shape index (κ1) is 13.1. The summed E-state index contributed by atoms with van der Waals surface area (Å²) < 4.78 is 5.31. The normalized spacial score (nSPS) is 10.2. The van der Waals surface area contributed by atoms with E-state index in [-0.39, 0.29) is 5.91 Å². The Morgan fingerprint density at radius 3 is 2.63 bits per heavy atom. The Hall–Kier alpha value is -2.37. The van der Waals surface area contributed by atoms with Crippen LogP contribution in [0.25, 0.3) is 0 Å². The lowest BCUT2D eigenvalue weighted by molar-refractivity contribution is 0.0953. The van der Waals surface area contributed by atoms with Gasteiger partial charge in [-0.15, -0.1) is 0 Å². The van der Waals surface area contributed by atoms with Gasteiger partial charge < -0.3 is 15.1 Å². The molecule has 1 amide bonds. The molecule has 2 N–H and O–H groups in total. The van der Waals surface area contributed by atoms with Gasteiger partial charge in [0, 0.05) is 25.5 Å². The fraction of sp³-hybridized carbons (Fsp3) is 0.308. The summed E-state index contributed by atoms with van der Waals surface area (Å²) in [6.45, 7) is 4.64. The molecule has 2 heterocycles. The van der Waals surface area contributed by atoms with Crippen LogP contribution in [0.1, 0.15) is 21.9 Å². The quantitative estimate of drug-likeness (QED) is 0.797. The Labute approximate surface area is 111 Å². The minimum absolute atomic E-state index is 0.134. The fourth-order valence-electron chi connectivity index (χ4n) is 1.69. The van der Waals surface area contributed by atoms with Gasteiger partial charge >= 0.3 is 0 Å². The summed E-state index contributed by atoms with van der Waals surface area (Å²) in [6.07, 6.45) is 3.32. The highest BCUT2D eigenvalue weighted by molar-refractivity contribution is 5.95. The van der Waals surface area contributed by atoms with Crippen molar-refractivity contribution < 1.29 is 9.21 Å². The van der Waals surface area contributed by atoms with Gasteiger partial charge in [-0.1, -0.05) is 0 Å². The maximum absolute atomic E-state index is 11.9. The third-order valence-corrected chi connectivity index (χ3v) is 2.55.